The highest BCUT2D eigenvalue weighted by Gasteiger charge is 2.11. The fourth-order valence-electron chi connectivity index (χ4n) is 1.30. The van der Waals surface area contributed by atoms with Crippen LogP contribution in [0.15, 0.2) is 28.3 Å². The fraction of sp³-hybridized carbons (Fsp3) is 0.111. The zero-order valence-electron chi connectivity index (χ0n) is 9.38. The Morgan fingerprint density at radius 2 is 2.28 bits per heavy atom. The number of aryl methyl sites for hydroxylation is 1. The molecule has 0 saturated heterocycles. The summed E-state index contributed by atoms with van der Waals surface area (Å²) in [6, 6.07) is 4.48. The molecule has 0 radical (unpaired) electrons. The average Bonchev–Trinajstić information content (AvgIpc) is 2.74. The molecule has 0 bridgehead atoms. The molecule has 94 valence electrons. The maximum absolute atomic E-state index is 10.8. The number of non-ortho nitro benzene ring substituents is 1. The molecule has 0 aliphatic carbocycles. The number of nitrogens with one attached hydrogen (secondary N) is 2. The number of nitro groups is 1. The van der Waals surface area contributed by atoms with Crippen molar-refractivity contribution in [2.24, 2.45) is 5.84 Å². The summed E-state index contributed by atoms with van der Waals surface area (Å²) in [6.07, 6.45) is 0. The molecule has 0 spiro atoms. The lowest BCUT2D eigenvalue weighted by Crippen LogP contribution is -2.07. The van der Waals surface area contributed by atoms with Gasteiger partial charge in [0.05, 0.1) is 10.6 Å². The lowest BCUT2D eigenvalue weighted by molar-refractivity contribution is -0.385. The van der Waals surface area contributed by atoms with Crippen molar-refractivity contribution in [1.82, 2.24) is 15.2 Å². The molecule has 1 heterocycles. The zero-order valence-corrected chi connectivity index (χ0v) is 10.2. The van der Waals surface area contributed by atoms with Crippen LogP contribution >= 0.6 is 11.8 Å². The highest BCUT2D eigenvalue weighted by Crippen LogP contribution is 2.30. The molecule has 1 aromatic heterocycles. The number of nitrogen functional groups attached to an aromatic ring is 1. The number of nitrogens with zero attached hydrogens (tertiary/aromatic N) is 3. The summed E-state index contributed by atoms with van der Waals surface area (Å²) in [5.74, 6) is 5.95. The molecule has 1 aromatic carbocycles. The Kier molecular flexibility index (Phi) is 3.44. The van der Waals surface area contributed by atoms with E-state index in [1.165, 1.54) is 23.9 Å². The van der Waals surface area contributed by atoms with Gasteiger partial charge >= 0.3 is 0 Å². The predicted molar refractivity (Wildman–Crippen MR) is 66.1 cm³/mol. The van der Waals surface area contributed by atoms with E-state index >= 15 is 0 Å². The topological polar surface area (TPSA) is 123 Å². The second kappa shape index (κ2) is 5.02. The van der Waals surface area contributed by atoms with Crippen LogP contribution in [0.3, 0.4) is 0 Å². The number of aromatic nitrogens is 3. The minimum Gasteiger partial charge on any atom is -0.324 e. The summed E-state index contributed by atoms with van der Waals surface area (Å²) in [5.41, 5.74) is 2.80. The normalized spacial score (nSPS) is 10.3. The minimum atomic E-state index is -0.478. The fourth-order valence-corrected chi connectivity index (χ4v) is 2.15. The molecule has 4 N–H and O–H groups in total. The number of rotatable bonds is 4. The number of nitro benzene ring substituents is 1. The van der Waals surface area contributed by atoms with Crippen LogP contribution < -0.4 is 11.3 Å². The number of hydrazine groups is 1. The third kappa shape index (κ3) is 2.76. The number of benzene rings is 1. The third-order valence-corrected chi connectivity index (χ3v) is 2.89. The third-order valence-electron chi connectivity index (χ3n) is 2.05. The molecule has 0 fully saturated rings. The molecule has 0 aliphatic rings. The molecule has 0 aliphatic heterocycles. The summed E-state index contributed by atoms with van der Waals surface area (Å²) >= 11 is 1.22. The molecule has 2 aromatic rings. The van der Waals surface area contributed by atoms with Crippen LogP contribution in [0.4, 0.5) is 11.4 Å². The summed E-state index contributed by atoms with van der Waals surface area (Å²) < 4.78 is 0. The van der Waals surface area contributed by atoms with Crippen LogP contribution in [0.25, 0.3) is 0 Å². The molecule has 9 heteroatoms. The molecule has 18 heavy (non-hydrogen) atoms. The van der Waals surface area contributed by atoms with Crippen molar-refractivity contribution in [1.29, 1.82) is 0 Å². The Labute approximate surface area is 106 Å². The molecule has 2 rings (SSSR count). The summed E-state index contributed by atoms with van der Waals surface area (Å²) in [5, 5.41) is 17.9. The van der Waals surface area contributed by atoms with Gasteiger partial charge in [0.25, 0.3) is 5.69 Å². The summed E-state index contributed by atoms with van der Waals surface area (Å²) in [4.78, 5) is 15.0. The van der Waals surface area contributed by atoms with Gasteiger partial charge in [-0.3, -0.25) is 21.1 Å². The van der Waals surface area contributed by atoms with Crippen LogP contribution in [-0.2, 0) is 0 Å². The van der Waals surface area contributed by atoms with Gasteiger partial charge in [0.2, 0.25) is 5.16 Å². The van der Waals surface area contributed by atoms with Crippen molar-refractivity contribution in [3.8, 4) is 0 Å². The predicted octanol–water partition coefficient (Wildman–Crippen LogP) is 1.46. The Bertz CT molecular complexity index is 584. The zero-order chi connectivity index (χ0) is 13.1. The SMILES string of the molecule is Cc1nc(Sc2cc(NN)cc([N+](=O)[O-])c2)n[nH]1. The second-order valence-electron chi connectivity index (χ2n) is 3.42. The highest BCUT2D eigenvalue weighted by atomic mass is 32.2. The Morgan fingerprint density at radius 1 is 1.50 bits per heavy atom. The first kappa shape index (κ1) is 12.3. The Hall–Kier alpha value is -2.13. The van der Waals surface area contributed by atoms with E-state index in [0.717, 1.165) is 0 Å². The van der Waals surface area contributed by atoms with Gasteiger partial charge in [-0.15, -0.1) is 5.10 Å². The largest absolute Gasteiger partial charge is 0.324 e. The first-order chi connectivity index (χ1) is 8.58. The van der Waals surface area contributed by atoms with Gasteiger partial charge < -0.3 is 5.43 Å². The molecular formula is C9H10N6O2S. The standard InChI is InChI=1S/C9H10N6O2S/c1-5-11-9(14-13-5)18-8-3-6(12-10)2-7(4-8)15(16)17/h2-4,12H,10H2,1H3,(H,11,13,14). The average molecular weight is 266 g/mol. The Morgan fingerprint density at radius 3 is 2.83 bits per heavy atom. The number of nitrogens with two attached hydrogens (primary N) is 1. The van der Waals surface area contributed by atoms with Crippen LogP contribution in [0.1, 0.15) is 5.82 Å². The molecule has 0 unspecified atom stereocenters. The van der Waals surface area contributed by atoms with E-state index in [2.05, 4.69) is 20.6 Å². The van der Waals surface area contributed by atoms with Crippen molar-refractivity contribution in [2.75, 3.05) is 5.43 Å². The second-order valence-corrected chi connectivity index (χ2v) is 4.46. The maximum atomic E-state index is 10.8. The minimum absolute atomic E-state index is 0.0415. The number of aromatic amines is 1. The van der Waals surface area contributed by atoms with Gasteiger partial charge in [-0.1, -0.05) is 0 Å². The molecule has 0 amide bonds. The highest BCUT2D eigenvalue weighted by molar-refractivity contribution is 7.99. The van der Waals surface area contributed by atoms with E-state index in [9.17, 15) is 10.1 Å². The van der Waals surface area contributed by atoms with E-state index in [1.807, 2.05) is 0 Å². The van der Waals surface area contributed by atoms with Crippen molar-refractivity contribution >= 4 is 23.1 Å². The van der Waals surface area contributed by atoms with E-state index in [1.54, 1.807) is 13.0 Å². The van der Waals surface area contributed by atoms with Gasteiger partial charge in [-0.2, -0.15) is 0 Å². The molecular weight excluding hydrogens is 256 g/mol. The maximum Gasteiger partial charge on any atom is 0.272 e. The van der Waals surface area contributed by atoms with Crippen LogP contribution in [0, 0.1) is 17.0 Å². The number of hydrogen-bond donors (Lipinski definition) is 3. The van der Waals surface area contributed by atoms with Gasteiger partial charge in [-0.05, 0) is 24.8 Å². The first-order valence-electron chi connectivity index (χ1n) is 4.91. The van der Waals surface area contributed by atoms with Crippen molar-refractivity contribution in [3.63, 3.8) is 0 Å². The molecule has 0 atom stereocenters. The first-order valence-corrected chi connectivity index (χ1v) is 5.73. The number of hydrogen-bond acceptors (Lipinski definition) is 7. The van der Waals surface area contributed by atoms with Gasteiger partial charge in [0.15, 0.2) is 0 Å². The van der Waals surface area contributed by atoms with Gasteiger partial charge in [-0.25, -0.2) is 4.98 Å². The van der Waals surface area contributed by atoms with E-state index in [-0.39, 0.29) is 5.69 Å². The van der Waals surface area contributed by atoms with Gasteiger partial charge in [0.1, 0.15) is 5.82 Å². The summed E-state index contributed by atoms with van der Waals surface area (Å²) in [6.45, 7) is 1.78. The van der Waals surface area contributed by atoms with Crippen molar-refractivity contribution < 1.29 is 4.92 Å². The smallest absolute Gasteiger partial charge is 0.272 e. The van der Waals surface area contributed by atoms with Crippen molar-refractivity contribution in [2.45, 2.75) is 17.0 Å². The lowest BCUT2D eigenvalue weighted by Gasteiger charge is -2.03. The van der Waals surface area contributed by atoms with E-state index in [0.29, 0.717) is 21.6 Å². The number of anilines is 1. The van der Waals surface area contributed by atoms with Gasteiger partial charge in [0, 0.05) is 17.0 Å². The van der Waals surface area contributed by atoms with E-state index in [4.69, 9.17) is 5.84 Å². The summed E-state index contributed by atoms with van der Waals surface area (Å²) in [7, 11) is 0. The van der Waals surface area contributed by atoms with Crippen LogP contribution in [0.2, 0.25) is 0 Å². The number of H-pyrrole nitrogens is 1. The lowest BCUT2D eigenvalue weighted by atomic mass is 10.3. The molecule has 8 nitrogen and oxygen atoms in total. The van der Waals surface area contributed by atoms with Crippen LogP contribution in [-0.4, -0.2) is 20.1 Å². The van der Waals surface area contributed by atoms with Crippen LogP contribution in [0.5, 0.6) is 0 Å². The van der Waals surface area contributed by atoms with E-state index < -0.39 is 4.92 Å². The molecule has 0 saturated carbocycles. The quantitative estimate of drug-likeness (QED) is 0.435. The van der Waals surface area contributed by atoms with Crippen molar-refractivity contribution in [3.05, 3.63) is 34.1 Å². The monoisotopic (exact) mass is 266 g/mol. The Balaban J connectivity index is 2.32.